The Morgan fingerprint density at radius 2 is 1.93 bits per heavy atom. The summed E-state index contributed by atoms with van der Waals surface area (Å²) < 4.78 is 22.3. The van der Waals surface area contributed by atoms with Gasteiger partial charge in [0.15, 0.2) is 12.1 Å². The first-order valence-electron chi connectivity index (χ1n) is 4.67. The predicted molar refractivity (Wildman–Crippen MR) is 53.3 cm³/mol. The zero-order chi connectivity index (χ0) is 10.3. The highest BCUT2D eigenvalue weighted by Gasteiger charge is 2.55. The molecular weight excluding hydrogens is 252 g/mol. The van der Waals surface area contributed by atoms with E-state index in [-0.39, 0.29) is 24.6 Å². The summed E-state index contributed by atoms with van der Waals surface area (Å²) in [5.41, 5.74) is 0. The summed E-state index contributed by atoms with van der Waals surface area (Å²) in [7, 11) is 1.62. The van der Waals surface area contributed by atoms with E-state index < -0.39 is 5.79 Å². The Bertz CT molecular complexity index is 201. The molecule has 82 valence electrons. The lowest BCUT2D eigenvalue weighted by Crippen LogP contribution is -2.30. The fraction of sp³-hybridized carbons (Fsp3) is 1.00. The van der Waals surface area contributed by atoms with Crippen LogP contribution >= 0.6 is 15.9 Å². The van der Waals surface area contributed by atoms with Gasteiger partial charge in [-0.15, -0.1) is 0 Å². The molecule has 2 heterocycles. The molecule has 2 rings (SSSR count). The highest BCUT2D eigenvalue weighted by Crippen LogP contribution is 2.39. The van der Waals surface area contributed by atoms with Crippen molar-refractivity contribution in [2.75, 3.05) is 12.4 Å². The lowest BCUT2D eigenvalue weighted by Gasteiger charge is -2.22. The predicted octanol–water partition coefficient (Wildman–Crippen LogP) is 1.27. The molecule has 2 aliphatic heterocycles. The number of rotatable bonds is 2. The van der Waals surface area contributed by atoms with Crippen molar-refractivity contribution in [1.29, 1.82) is 0 Å². The van der Waals surface area contributed by atoms with E-state index in [4.69, 9.17) is 18.9 Å². The largest absolute Gasteiger partial charge is 0.353 e. The highest BCUT2D eigenvalue weighted by atomic mass is 79.9. The second kappa shape index (κ2) is 3.72. The summed E-state index contributed by atoms with van der Waals surface area (Å²) in [6, 6.07) is 0. The van der Waals surface area contributed by atoms with Gasteiger partial charge in [0, 0.05) is 12.4 Å². The van der Waals surface area contributed by atoms with Gasteiger partial charge in [-0.2, -0.15) is 0 Å². The first kappa shape index (κ1) is 10.8. The van der Waals surface area contributed by atoms with E-state index >= 15 is 0 Å². The zero-order valence-electron chi connectivity index (χ0n) is 8.53. The van der Waals surface area contributed by atoms with E-state index in [9.17, 15) is 0 Å². The number of hydrogen-bond acceptors (Lipinski definition) is 4. The molecule has 0 bridgehead atoms. The van der Waals surface area contributed by atoms with E-state index in [0.29, 0.717) is 0 Å². The van der Waals surface area contributed by atoms with E-state index in [0.717, 1.165) is 5.33 Å². The van der Waals surface area contributed by atoms with Crippen LogP contribution in [0.1, 0.15) is 13.8 Å². The molecule has 0 N–H and O–H groups in total. The molecule has 14 heavy (non-hydrogen) atoms. The molecule has 0 amide bonds. The van der Waals surface area contributed by atoms with Gasteiger partial charge < -0.3 is 18.9 Å². The Balaban J connectivity index is 2.12. The average molecular weight is 267 g/mol. The Morgan fingerprint density at radius 3 is 2.50 bits per heavy atom. The van der Waals surface area contributed by atoms with Gasteiger partial charge in [0.25, 0.3) is 0 Å². The summed E-state index contributed by atoms with van der Waals surface area (Å²) in [6.07, 6.45) is -0.456. The van der Waals surface area contributed by atoms with E-state index in [2.05, 4.69) is 15.9 Å². The molecule has 0 radical (unpaired) electrons. The number of methoxy groups -OCH3 is 1. The van der Waals surface area contributed by atoms with Gasteiger partial charge in [-0.1, -0.05) is 15.9 Å². The number of fused-ring (bicyclic) bond motifs is 1. The van der Waals surface area contributed by atoms with Crippen molar-refractivity contribution >= 4 is 15.9 Å². The van der Waals surface area contributed by atoms with Crippen molar-refractivity contribution in [2.45, 2.75) is 44.2 Å². The standard InChI is InChI=1S/C9H15BrO4/c1-9(2)13-6-5(4-10)12-8(11-3)7(6)14-9/h5-8H,4H2,1-3H3. The van der Waals surface area contributed by atoms with Gasteiger partial charge in [0.1, 0.15) is 12.2 Å². The minimum absolute atomic E-state index is 0.00623. The Labute approximate surface area is 92.0 Å². The molecule has 0 aromatic rings. The van der Waals surface area contributed by atoms with Crippen LogP contribution in [0.5, 0.6) is 0 Å². The second-order valence-corrected chi connectivity index (χ2v) is 4.65. The van der Waals surface area contributed by atoms with Crippen LogP contribution in [0.25, 0.3) is 0 Å². The van der Waals surface area contributed by atoms with Crippen molar-refractivity contribution in [1.82, 2.24) is 0 Å². The van der Waals surface area contributed by atoms with Gasteiger partial charge in [-0.3, -0.25) is 0 Å². The number of alkyl halides is 1. The van der Waals surface area contributed by atoms with Gasteiger partial charge in [0.2, 0.25) is 0 Å². The minimum atomic E-state index is -0.531. The van der Waals surface area contributed by atoms with Gasteiger partial charge in [-0.05, 0) is 13.8 Å². The van der Waals surface area contributed by atoms with Crippen molar-refractivity contribution in [3.8, 4) is 0 Å². The SMILES string of the molecule is COC1OC(CBr)C2OC(C)(C)OC12. The van der Waals surface area contributed by atoms with Crippen LogP contribution in [0.15, 0.2) is 0 Å². The average Bonchev–Trinajstić information content (AvgIpc) is 2.57. The molecule has 4 atom stereocenters. The molecule has 4 nitrogen and oxygen atoms in total. The normalized spacial score (nSPS) is 45.4. The van der Waals surface area contributed by atoms with Crippen molar-refractivity contribution < 1.29 is 18.9 Å². The van der Waals surface area contributed by atoms with E-state index in [1.54, 1.807) is 7.11 Å². The molecule has 0 aliphatic carbocycles. The monoisotopic (exact) mass is 266 g/mol. The van der Waals surface area contributed by atoms with Crippen LogP contribution < -0.4 is 0 Å². The molecule has 5 heteroatoms. The highest BCUT2D eigenvalue weighted by molar-refractivity contribution is 9.09. The molecule has 4 unspecified atom stereocenters. The molecule has 0 saturated carbocycles. The minimum Gasteiger partial charge on any atom is -0.353 e. The molecule has 2 saturated heterocycles. The maximum atomic E-state index is 5.75. The third kappa shape index (κ3) is 1.72. The molecule has 0 aromatic heterocycles. The molecule has 2 aliphatic rings. The Hall–Kier alpha value is 0.320. The molecular formula is C9H15BrO4. The van der Waals surface area contributed by atoms with Crippen molar-refractivity contribution in [3.63, 3.8) is 0 Å². The summed E-state index contributed by atoms with van der Waals surface area (Å²) in [6.45, 7) is 3.81. The van der Waals surface area contributed by atoms with Gasteiger partial charge in [0.05, 0.1) is 6.10 Å². The summed E-state index contributed by atoms with van der Waals surface area (Å²) >= 11 is 3.39. The van der Waals surface area contributed by atoms with Crippen molar-refractivity contribution in [3.05, 3.63) is 0 Å². The first-order chi connectivity index (χ1) is 6.57. The maximum absolute atomic E-state index is 5.75. The maximum Gasteiger partial charge on any atom is 0.186 e. The fourth-order valence-electron chi connectivity index (χ4n) is 1.96. The summed E-state index contributed by atoms with van der Waals surface area (Å²) in [5, 5.41) is 0.730. The quantitative estimate of drug-likeness (QED) is 0.706. The summed E-state index contributed by atoms with van der Waals surface area (Å²) in [5.74, 6) is -0.531. The van der Waals surface area contributed by atoms with Crippen LogP contribution in [0.2, 0.25) is 0 Å². The Morgan fingerprint density at radius 1 is 1.29 bits per heavy atom. The molecule has 2 fully saturated rings. The number of halogens is 1. The van der Waals surface area contributed by atoms with Gasteiger partial charge in [-0.25, -0.2) is 0 Å². The van der Waals surface area contributed by atoms with E-state index in [1.807, 2.05) is 13.8 Å². The fourth-order valence-corrected chi connectivity index (χ4v) is 2.48. The van der Waals surface area contributed by atoms with Crippen molar-refractivity contribution in [2.24, 2.45) is 0 Å². The first-order valence-corrected chi connectivity index (χ1v) is 5.79. The van der Waals surface area contributed by atoms with Crippen LogP contribution in [0, 0.1) is 0 Å². The lowest BCUT2D eigenvalue weighted by molar-refractivity contribution is -0.224. The van der Waals surface area contributed by atoms with Crippen LogP contribution in [0.4, 0.5) is 0 Å². The van der Waals surface area contributed by atoms with E-state index in [1.165, 1.54) is 0 Å². The van der Waals surface area contributed by atoms with Crippen LogP contribution in [-0.4, -0.2) is 42.8 Å². The molecule has 0 spiro atoms. The third-order valence-electron chi connectivity index (χ3n) is 2.49. The lowest BCUT2D eigenvalue weighted by atomic mass is 10.2. The topological polar surface area (TPSA) is 36.9 Å². The van der Waals surface area contributed by atoms with Crippen LogP contribution in [-0.2, 0) is 18.9 Å². The molecule has 0 aromatic carbocycles. The second-order valence-electron chi connectivity index (χ2n) is 4.00. The van der Waals surface area contributed by atoms with Gasteiger partial charge >= 0.3 is 0 Å². The number of ether oxygens (including phenoxy) is 4. The zero-order valence-corrected chi connectivity index (χ0v) is 10.1. The smallest absolute Gasteiger partial charge is 0.186 e. The Kier molecular flexibility index (Phi) is 2.87. The van der Waals surface area contributed by atoms with Crippen LogP contribution in [0.3, 0.4) is 0 Å². The third-order valence-corrected chi connectivity index (χ3v) is 3.13. The number of hydrogen-bond donors (Lipinski definition) is 0. The summed E-state index contributed by atoms with van der Waals surface area (Å²) in [4.78, 5) is 0.